The van der Waals surface area contributed by atoms with Crippen molar-refractivity contribution in [3.63, 3.8) is 0 Å². The second kappa shape index (κ2) is 8.14. The van der Waals surface area contributed by atoms with Crippen molar-refractivity contribution in [3.05, 3.63) is 47.2 Å². The van der Waals surface area contributed by atoms with E-state index in [0.717, 1.165) is 16.7 Å². The zero-order valence-electron chi connectivity index (χ0n) is 18.5. The molecule has 1 aromatic heterocycles. The Morgan fingerprint density at radius 1 is 1.16 bits per heavy atom. The van der Waals surface area contributed by atoms with Crippen LogP contribution >= 0.6 is 0 Å². The summed E-state index contributed by atoms with van der Waals surface area (Å²) in [6.45, 7) is 8.83. The van der Waals surface area contributed by atoms with E-state index in [0.29, 0.717) is 10.2 Å². The highest BCUT2D eigenvalue weighted by Crippen LogP contribution is 2.48. The molecule has 0 aliphatic carbocycles. The molecule has 1 aliphatic rings. The van der Waals surface area contributed by atoms with Crippen molar-refractivity contribution in [2.75, 3.05) is 4.90 Å². The Labute approximate surface area is 183 Å². The van der Waals surface area contributed by atoms with Crippen molar-refractivity contribution < 1.29 is 32.6 Å². The lowest BCUT2D eigenvalue weighted by atomic mass is 9.92. The van der Waals surface area contributed by atoms with Gasteiger partial charge in [-0.1, -0.05) is 38.1 Å². The number of amides is 1. The maximum absolute atomic E-state index is 13.9. The average Bonchev–Trinajstić information content (AvgIpc) is 3.09. The molecular formula is C22H26F3N3O4. The summed E-state index contributed by atoms with van der Waals surface area (Å²) in [5.41, 5.74) is -0.0259. The van der Waals surface area contributed by atoms with Crippen LogP contribution in [0.4, 0.5) is 23.8 Å². The minimum Gasteiger partial charge on any atom is -0.477 e. The number of hydrogen-bond donors (Lipinski definition) is 1. The molecule has 3 rings (SSSR count). The summed E-state index contributed by atoms with van der Waals surface area (Å²) < 4.78 is 47.8. The second-order valence-corrected chi connectivity index (χ2v) is 9.11. The first-order chi connectivity index (χ1) is 14.7. The molecule has 174 valence electrons. The van der Waals surface area contributed by atoms with Crippen LogP contribution in [0.5, 0.6) is 0 Å². The number of carboxylic acid groups (broad SMARTS) is 1. The summed E-state index contributed by atoms with van der Waals surface area (Å²) in [5.74, 6) is -1.73. The standard InChI is InChI=1S/C22H26F3N3O4/c1-12(2)13-6-8-14(9-7-13)16-10-17(22(23,24)25)28-18(15(11-26-28)19(29)30)27(16)20(31)32-21(3,4)5/h6-9,11-12,16-17H,10H2,1-5H3,(H,29,30). The first kappa shape index (κ1) is 23.6. The predicted molar refractivity (Wildman–Crippen MR) is 111 cm³/mol. The molecule has 2 heterocycles. The number of carbonyl (C=O) groups excluding carboxylic acids is 1. The van der Waals surface area contributed by atoms with Crippen LogP contribution in [0, 0.1) is 0 Å². The molecule has 1 aromatic carbocycles. The molecule has 32 heavy (non-hydrogen) atoms. The molecule has 0 saturated heterocycles. The van der Waals surface area contributed by atoms with Crippen LogP contribution in [0.3, 0.4) is 0 Å². The number of nitrogens with zero attached hydrogens (tertiary/aromatic N) is 3. The van der Waals surface area contributed by atoms with Crippen LogP contribution in [0.2, 0.25) is 0 Å². The lowest BCUT2D eigenvalue weighted by Crippen LogP contribution is -2.47. The van der Waals surface area contributed by atoms with Gasteiger partial charge in [0.1, 0.15) is 11.2 Å². The van der Waals surface area contributed by atoms with Gasteiger partial charge in [-0.3, -0.25) is 4.90 Å². The van der Waals surface area contributed by atoms with E-state index in [1.54, 1.807) is 45.0 Å². The lowest BCUT2D eigenvalue weighted by molar-refractivity contribution is -0.174. The van der Waals surface area contributed by atoms with Gasteiger partial charge in [0, 0.05) is 6.42 Å². The SMILES string of the molecule is CC(C)c1ccc(C2CC(C(F)(F)F)n3ncc(C(=O)O)c3N2C(=O)OC(C)(C)C)cc1. The fourth-order valence-corrected chi connectivity index (χ4v) is 3.72. The van der Waals surface area contributed by atoms with Crippen LogP contribution < -0.4 is 4.90 Å². The Morgan fingerprint density at radius 3 is 2.22 bits per heavy atom. The average molecular weight is 453 g/mol. The zero-order chi connectivity index (χ0) is 24.0. The van der Waals surface area contributed by atoms with Gasteiger partial charge >= 0.3 is 18.2 Å². The summed E-state index contributed by atoms with van der Waals surface area (Å²) in [5, 5.41) is 13.3. The summed E-state index contributed by atoms with van der Waals surface area (Å²) in [4.78, 5) is 25.9. The van der Waals surface area contributed by atoms with Gasteiger partial charge in [0.2, 0.25) is 0 Å². The van der Waals surface area contributed by atoms with E-state index >= 15 is 0 Å². The first-order valence-electron chi connectivity index (χ1n) is 10.2. The number of aromatic nitrogens is 2. The summed E-state index contributed by atoms with van der Waals surface area (Å²) in [6.07, 6.45) is -5.34. The van der Waals surface area contributed by atoms with Crippen LogP contribution in [0.15, 0.2) is 30.5 Å². The molecule has 1 amide bonds. The summed E-state index contributed by atoms with van der Waals surface area (Å²) in [6, 6.07) is 3.72. The van der Waals surface area contributed by atoms with Gasteiger partial charge in [0.25, 0.3) is 0 Å². The third-order valence-corrected chi connectivity index (χ3v) is 5.24. The molecule has 10 heteroatoms. The van der Waals surface area contributed by atoms with Gasteiger partial charge in [-0.2, -0.15) is 18.3 Å². The molecule has 0 fully saturated rings. The molecule has 2 aromatic rings. The van der Waals surface area contributed by atoms with Crippen molar-refractivity contribution >= 4 is 17.9 Å². The number of benzene rings is 1. The van der Waals surface area contributed by atoms with Crippen LogP contribution in [0.1, 0.15) is 80.5 Å². The number of hydrogen-bond acceptors (Lipinski definition) is 4. The number of fused-ring (bicyclic) bond motifs is 1. The topological polar surface area (TPSA) is 84.7 Å². The number of aromatic carboxylic acids is 1. The van der Waals surface area contributed by atoms with Crippen molar-refractivity contribution in [2.45, 2.75) is 70.8 Å². The number of rotatable bonds is 3. The fraction of sp³-hybridized carbons (Fsp3) is 0.500. The highest BCUT2D eigenvalue weighted by atomic mass is 19.4. The molecule has 0 spiro atoms. The molecule has 0 radical (unpaired) electrons. The molecule has 2 unspecified atom stereocenters. The van der Waals surface area contributed by atoms with E-state index in [2.05, 4.69) is 5.10 Å². The highest BCUT2D eigenvalue weighted by Gasteiger charge is 2.51. The number of carbonyl (C=O) groups is 2. The Balaban J connectivity index is 2.21. The Morgan fingerprint density at radius 2 is 1.75 bits per heavy atom. The van der Waals surface area contributed by atoms with Crippen molar-refractivity contribution in [1.29, 1.82) is 0 Å². The minimum atomic E-state index is -4.70. The Hall–Kier alpha value is -3.04. The van der Waals surface area contributed by atoms with Gasteiger partial charge < -0.3 is 9.84 Å². The summed E-state index contributed by atoms with van der Waals surface area (Å²) in [7, 11) is 0. The second-order valence-electron chi connectivity index (χ2n) is 9.11. The number of alkyl halides is 3. The summed E-state index contributed by atoms with van der Waals surface area (Å²) >= 11 is 0. The van der Waals surface area contributed by atoms with Crippen LogP contribution in [-0.2, 0) is 4.74 Å². The van der Waals surface area contributed by atoms with E-state index in [-0.39, 0.29) is 5.92 Å². The van der Waals surface area contributed by atoms with E-state index in [9.17, 15) is 27.9 Å². The molecular weight excluding hydrogens is 427 g/mol. The normalized spacial score (nSPS) is 19.1. The lowest BCUT2D eigenvalue weighted by Gasteiger charge is -2.41. The van der Waals surface area contributed by atoms with E-state index in [4.69, 9.17) is 4.74 Å². The molecule has 1 N–H and O–H groups in total. The van der Waals surface area contributed by atoms with Gasteiger partial charge in [-0.05, 0) is 37.8 Å². The zero-order valence-corrected chi connectivity index (χ0v) is 18.5. The van der Waals surface area contributed by atoms with Gasteiger partial charge in [-0.25, -0.2) is 14.3 Å². The number of anilines is 1. The molecule has 0 saturated carbocycles. The van der Waals surface area contributed by atoms with Crippen LogP contribution in [-0.4, -0.2) is 38.7 Å². The Kier molecular flexibility index (Phi) is 6.01. The van der Waals surface area contributed by atoms with Gasteiger partial charge in [-0.15, -0.1) is 0 Å². The molecule has 1 aliphatic heterocycles. The first-order valence-corrected chi connectivity index (χ1v) is 10.2. The highest BCUT2D eigenvalue weighted by molar-refractivity contribution is 5.99. The van der Waals surface area contributed by atoms with Gasteiger partial charge in [0.15, 0.2) is 11.9 Å². The van der Waals surface area contributed by atoms with Crippen molar-refractivity contribution in [2.24, 2.45) is 0 Å². The van der Waals surface area contributed by atoms with E-state index in [1.807, 2.05) is 13.8 Å². The molecule has 2 atom stereocenters. The predicted octanol–water partition coefficient (Wildman–Crippen LogP) is 5.69. The smallest absolute Gasteiger partial charge is 0.416 e. The van der Waals surface area contributed by atoms with Gasteiger partial charge in [0.05, 0.1) is 12.2 Å². The largest absolute Gasteiger partial charge is 0.477 e. The van der Waals surface area contributed by atoms with Crippen molar-refractivity contribution in [1.82, 2.24) is 9.78 Å². The van der Waals surface area contributed by atoms with E-state index in [1.165, 1.54) is 0 Å². The maximum Gasteiger partial charge on any atom is 0.416 e. The van der Waals surface area contributed by atoms with Crippen LogP contribution in [0.25, 0.3) is 0 Å². The molecule has 0 bridgehead atoms. The fourth-order valence-electron chi connectivity index (χ4n) is 3.72. The number of halogens is 3. The third kappa shape index (κ3) is 4.58. The monoisotopic (exact) mass is 453 g/mol. The quantitative estimate of drug-likeness (QED) is 0.645. The Bertz CT molecular complexity index is 1010. The van der Waals surface area contributed by atoms with E-state index < -0.39 is 53.7 Å². The number of ether oxygens (including phenoxy) is 1. The number of carboxylic acids is 1. The third-order valence-electron chi connectivity index (χ3n) is 5.24. The minimum absolute atomic E-state index is 0.209. The van der Waals surface area contributed by atoms with Crippen molar-refractivity contribution in [3.8, 4) is 0 Å². The maximum atomic E-state index is 13.9. The molecule has 7 nitrogen and oxygen atoms in total.